The van der Waals surface area contributed by atoms with E-state index in [1.54, 1.807) is 0 Å². The Bertz CT molecular complexity index is 9.51. The summed E-state index contributed by atoms with van der Waals surface area (Å²) in [5.41, 5.74) is 0. The number of hydrogen-bond acceptors (Lipinski definition) is 1. The highest BCUT2D eigenvalue weighted by Crippen LogP contribution is 1.68. The third kappa shape index (κ3) is 258. The van der Waals surface area contributed by atoms with Crippen molar-refractivity contribution in [2.24, 2.45) is 0 Å². The molecule has 0 fully saturated rings. The van der Waals surface area contributed by atoms with Gasteiger partial charge in [-0.15, -0.1) is 0 Å². The summed E-state index contributed by atoms with van der Waals surface area (Å²) in [6.45, 7) is -1.00. The van der Waals surface area contributed by atoms with Crippen molar-refractivity contribution >= 4 is 0 Å². The molecule has 6 heavy (non-hydrogen) atoms. The molecule has 5 heteroatoms. The van der Waals surface area contributed by atoms with Gasteiger partial charge in [0.2, 0.25) is 0 Å². The molecule has 0 bridgehead atoms. The van der Waals surface area contributed by atoms with Crippen molar-refractivity contribution < 1.29 is 23.0 Å². The molecule has 0 aromatic carbocycles. The lowest BCUT2D eigenvalue weighted by Crippen LogP contribution is -1.26. The minimum Gasteiger partial charge on any atom is -0.204 e. The van der Waals surface area contributed by atoms with E-state index >= 15 is 0 Å². The Balaban J connectivity index is 0. The Morgan fingerprint density at radius 3 is 1.17 bits per heavy atom. The maximum absolute atomic E-state index is 9.50. The van der Waals surface area contributed by atoms with E-state index in [4.69, 9.17) is 9.05 Å². The number of rotatable bonds is 0. The van der Waals surface area contributed by atoms with E-state index < -0.39 is 6.93 Å². The predicted octanol–water partition coefficient (Wildman–Crippen LogP) is 1.82. The van der Waals surface area contributed by atoms with E-state index in [0.717, 1.165) is 0 Å². The van der Waals surface area contributed by atoms with Crippen molar-refractivity contribution in [2.45, 2.75) is 0 Å². The fraction of sp³-hybridized carbons (Fsp3) is 0. The van der Waals surface area contributed by atoms with Crippen LogP contribution >= 0.6 is 0 Å². The van der Waals surface area contributed by atoms with Crippen molar-refractivity contribution in [3.05, 3.63) is 6.93 Å². The lowest BCUT2D eigenvalue weighted by molar-refractivity contribution is -0.317. The van der Waals surface area contributed by atoms with Gasteiger partial charge in [-0.2, -0.15) is 0 Å². The molecule has 0 unspecified atom stereocenters. The average molecular weight is 105 g/mol. The molecule has 1 nitrogen and oxygen atoms in total. The zero-order chi connectivity index (χ0) is 5.41. The van der Waals surface area contributed by atoms with Crippen LogP contribution in [0.15, 0.2) is 0 Å². The van der Waals surface area contributed by atoms with Gasteiger partial charge < -0.3 is 0 Å². The third-order valence-electron chi connectivity index (χ3n) is 0. The van der Waals surface area contributed by atoms with Crippen LogP contribution in [0.1, 0.15) is 0 Å². The number of halogens is 4. The van der Waals surface area contributed by atoms with Gasteiger partial charge >= 0.3 is 0 Å². The van der Waals surface area contributed by atoms with Gasteiger partial charge in [-0.25, -0.2) is 8.78 Å². The molecule has 0 aromatic rings. The molecule has 0 aliphatic carbocycles. The summed E-state index contributed by atoms with van der Waals surface area (Å²) in [4.78, 5) is 0. The van der Waals surface area contributed by atoms with Gasteiger partial charge in [0.15, 0.2) is 0 Å². The summed E-state index contributed by atoms with van der Waals surface area (Å²) in [5.74, 6) is 0. The van der Waals surface area contributed by atoms with E-state index in [-0.39, 0.29) is 0 Å². The van der Waals surface area contributed by atoms with Crippen LogP contribution in [0, 0.1) is 6.93 Å². The van der Waals surface area contributed by atoms with Gasteiger partial charge in [0.1, 0.15) is 0 Å². The van der Waals surface area contributed by atoms with Crippen LogP contribution in [0.2, 0.25) is 0 Å². The summed E-state index contributed by atoms with van der Waals surface area (Å²) in [5, 5.41) is 1.25. The molecule has 0 N–H and O–H groups in total. The molecule has 0 rings (SSSR count). The first kappa shape index (κ1) is 9.19. The Morgan fingerprint density at radius 1 is 1.17 bits per heavy atom. The predicted molar refractivity (Wildman–Crippen MR) is 9.82 cm³/mol. The second-order valence-electron chi connectivity index (χ2n) is 0.141. The van der Waals surface area contributed by atoms with Crippen LogP contribution in [-0.4, -0.2) is 0 Å². The van der Waals surface area contributed by atoms with Crippen molar-refractivity contribution in [1.82, 2.24) is 0 Å². The highest BCUT2D eigenvalue weighted by molar-refractivity contribution is 3.95. The Hall–Kier alpha value is -0.320. The van der Waals surface area contributed by atoms with Crippen LogP contribution in [0.3, 0.4) is 0 Å². The van der Waals surface area contributed by atoms with Crippen LogP contribution in [0.25, 0.3) is 0 Å². The summed E-state index contributed by atoms with van der Waals surface area (Å²) in [7, 11) is 0. The van der Waals surface area contributed by atoms with Crippen LogP contribution in [-0.2, 0) is 5.15 Å². The molecule has 39 valence electrons. The van der Waals surface area contributed by atoms with Crippen LogP contribution < -0.4 is 0 Å². The summed E-state index contributed by atoms with van der Waals surface area (Å²) < 4.78 is 37.2. The number of hydrogen-bond donors (Lipinski definition) is 0. The zero-order valence-electron chi connectivity index (χ0n) is 2.50. The SMILES string of the molecule is FOF.F[CH]F. The fourth-order valence-corrected chi connectivity index (χ4v) is 0. The fourth-order valence-electron chi connectivity index (χ4n) is 0. The van der Waals surface area contributed by atoms with E-state index in [9.17, 15) is 8.78 Å². The van der Waals surface area contributed by atoms with Gasteiger partial charge in [-0.05, 0) is 9.05 Å². The van der Waals surface area contributed by atoms with Crippen molar-refractivity contribution in [3.63, 3.8) is 0 Å². The average Bonchev–Trinajstić information content (AvgIpc) is 1.39. The van der Waals surface area contributed by atoms with Gasteiger partial charge in [0.05, 0.1) is 0 Å². The van der Waals surface area contributed by atoms with E-state index in [0.29, 0.717) is 0 Å². The minimum absolute atomic E-state index is 1.00. The molecular weight excluding hydrogens is 104 g/mol. The molecule has 0 aliphatic rings. The smallest absolute Gasteiger partial charge is 0.204 e. The van der Waals surface area contributed by atoms with Gasteiger partial charge in [-0.1, -0.05) is 0 Å². The largest absolute Gasteiger partial charge is 0.298 e. The highest BCUT2D eigenvalue weighted by atomic mass is 19.6. The molecule has 1 radical (unpaired) electrons. The van der Waals surface area contributed by atoms with Crippen molar-refractivity contribution in [2.75, 3.05) is 0 Å². The first-order valence-electron chi connectivity index (χ1n) is 0.745. The molecule has 0 aliphatic heterocycles. The minimum atomic E-state index is -1.00. The first-order valence-corrected chi connectivity index (χ1v) is 0.745. The standard InChI is InChI=1S/CHF2.F2O/c2-1-3;1-3-2/h1H;. The quantitative estimate of drug-likeness (QED) is 0.427. The van der Waals surface area contributed by atoms with Crippen molar-refractivity contribution in [3.8, 4) is 0 Å². The molecule has 0 atom stereocenters. The van der Waals surface area contributed by atoms with E-state index in [1.165, 1.54) is 5.15 Å². The van der Waals surface area contributed by atoms with Crippen LogP contribution in [0.5, 0.6) is 0 Å². The summed E-state index contributed by atoms with van der Waals surface area (Å²) in [6.07, 6.45) is 0. The Kier molecular flexibility index (Phi) is 34.4. The maximum atomic E-state index is 9.50. The monoisotopic (exact) mass is 105 g/mol. The van der Waals surface area contributed by atoms with Gasteiger partial charge in [0.25, 0.3) is 6.93 Å². The second kappa shape index (κ2) is 22.5. The molecule has 0 saturated heterocycles. The second-order valence-corrected chi connectivity index (χ2v) is 0.141. The third-order valence-corrected chi connectivity index (χ3v) is 0. The molecule has 0 spiro atoms. The lowest BCUT2D eigenvalue weighted by atomic mass is 11.7. The lowest BCUT2D eigenvalue weighted by Gasteiger charge is -1.41. The summed E-state index contributed by atoms with van der Waals surface area (Å²) in [6, 6.07) is 0. The van der Waals surface area contributed by atoms with Gasteiger partial charge in [-0.3, -0.25) is 0 Å². The normalized spacial score (nSPS) is 6.00. The van der Waals surface area contributed by atoms with Crippen LogP contribution in [0.4, 0.5) is 17.8 Å². The Labute approximate surface area is 31.3 Å². The maximum Gasteiger partial charge on any atom is 0.298 e. The van der Waals surface area contributed by atoms with Crippen molar-refractivity contribution in [1.29, 1.82) is 0 Å². The molecular formula is CHF4O. The molecule has 0 heterocycles. The molecule has 0 aromatic heterocycles. The molecule has 0 saturated carbocycles. The highest BCUT2D eigenvalue weighted by Gasteiger charge is 1.48. The molecule has 0 amide bonds. The summed E-state index contributed by atoms with van der Waals surface area (Å²) >= 11 is 0. The van der Waals surface area contributed by atoms with E-state index in [2.05, 4.69) is 0 Å². The zero-order valence-corrected chi connectivity index (χ0v) is 2.50. The van der Waals surface area contributed by atoms with E-state index in [1.807, 2.05) is 0 Å². The van der Waals surface area contributed by atoms with Gasteiger partial charge in [0, 0.05) is 5.15 Å². The topological polar surface area (TPSA) is 9.23 Å². The first-order chi connectivity index (χ1) is 2.83. The Morgan fingerprint density at radius 2 is 1.17 bits per heavy atom.